The van der Waals surface area contributed by atoms with Crippen LogP contribution in [0.3, 0.4) is 0 Å². The lowest BCUT2D eigenvalue weighted by Gasteiger charge is -2.50. The van der Waals surface area contributed by atoms with Crippen LogP contribution in [0.25, 0.3) is 0 Å². The van der Waals surface area contributed by atoms with Crippen molar-refractivity contribution in [2.75, 3.05) is 13.2 Å². The molecule has 0 aliphatic carbocycles. The first-order valence-electron chi connectivity index (χ1n) is 6.27. The van der Waals surface area contributed by atoms with Crippen molar-refractivity contribution in [2.45, 2.75) is 44.6 Å². The molecule has 0 bridgehead atoms. The van der Waals surface area contributed by atoms with Crippen LogP contribution in [0.1, 0.15) is 44.7 Å². The van der Waals surface area contributed by atoms with E-state index in [1.165, 1.54) is 11.1 Å². The van der Waals surface area contributed by atoms with E-state index in [4.69, 9.17) is 4.74 Å². The predicted molar refractivity (Wildman–Crippen MR) is 69.3 cm³/mol. The van der Waals surface area contributed by atoms with Gasteiger partial charge < -0.3 is 9.84 Å². The van der Waals surface area contributed by atoms with Crippen LogP contribution >= 0.6 is 0 Å². The van der Waals surface area contributed by atoms with E-state index < -0.39 is 5.60 Å². The SMILES string of the molecule is CC(C)c1ccc(C2(C(C)(C)O)COC2)cc1. The van der Waals surface area contributed by atoms with Gasteiger partial charge >= 0.3 is 0 Å². The molecule has 2 rings (SSSR count). The maximum Gasteiger partial charge on any atom is 0.0732 e. The molecule has 94 valence electrons. The number of ether oxygens (including phenoxy) is 1. The molecule has 0 amide bonds. The predicted octanol–water partition coefficient (Wildman–Crippen LogP) is 2.85. The van der Waals surface area contributed by atoms with E-state index in [1.54, 1.807) is 0 Å². The van der Waals surface area contributed by atoms with Gasteiger partial charge in [0.05, 0.1) is 24.2 Å². The Morgan fingerprint density at radius 3 is 2.00 bits per heavy atom. The number of rotatable bonds is 3. The summed E-state index contributed by atoms with van der Waals surface area (Å²) in [4.78, 5) is 0. The molecule has 0 saturated carbocycles. The Kier molecular flexibility index (Phi) is 3.04. The molecule has 1 aromatic carbocycles. The Hall–Kier alpha value is -0.860. The molecule has 1 heterocycles. The van der Waals surface area contributed by atoms with Gasteiger partial charge in [0.1, 0.15) is 0 Å². The fourth-order valence-corrected chi connectivity index (χ4v) is 2.37. The Morgan fingerprint density at radius 2 is 1.71 bits per heavy atom. The van der Waals surface area contributed by atoms with Crippen molar-refractivity contribution < 1.29 is 9.84 Å². The minimum absolute atomic E-state index is 0.234. The standard InChI is InChI=1S/C15H22O2/c1-11(2)12-5-7-13(8-6-12)15(9-17-10-15)14(3,4)16/h5-8,11,16H,9-10H2,1-4H3. The van der Waals surface area contributed by atoms with Gasteiger partial charge in [-0.2, -0.15) is 0 Å². The summed E-state index contributed by atoms with van der Waals surface area (Å²) in [6.45, 7) is 9.33. The molecular formula is C15H22O2. The van der Waals surface area contributed by atoms with Crippen molar-refractivity contribution in [1.29, 1.82) is 0 Å². The van der Waals surface area contributed by atoms with E-state index in [1.807, 2.05) is 13.8 Å². The van der Waals surface area contributed by atoms with E-state index >= 15 is 0 Å². The summed E-state index contributed by atoms with van der Waals surface area (Å²) in [5.74, 6) is 0.541. The zero-order chi connectivity index (χ0) is 12.7. The largest absolute Gasteiger partial charge is 0.389 e. The highest BCUT2D eigenvalue weighted by Gasteiger charge is 2.51. The normalized spacial score (nSPS) is 19.2. The zero-order valence-corrected chi connectivity index (χ0v) is 11.2. The fraction of sp³-hybridized carbons (Fsp3) is 0.600. The summed E-state index contributed by atoms with van der Waals surface area (Å²) in [5, 5.41) is 10.3. The van der Waals surface area contributed by atoms with Crippen molar-refractivity contribution in [3.05, 3.63) is 35.4 Å². The zero-order valence-electron chi connectivity index (χ0n) is 11.2. The second-order valence-corrected chi connectivity index (χ2v) is 5.91. The highest BCUT2D eigenvalue weighted by atomic mass is 16.5. The first-order valence-corrected chi connectivity index (χ1v) is 6.27. The van der Waals surface area contributed by atoms with Crippen molar-refractivity contribution in [3.63, 3.8) is 0 Å². The van der Waals surface area contributed by atoms with E-state index in [2.05, 4.69) is 38.1 Å². The number of benzene rings is 1. The third-order valence-electron chi connectivity index (χ3n) is 4.00. The average molecular weight is 234 g/mol. The summed E-state index contributed by atoms with van der Waals surface area (Å²) in [7, 11) is 0. The molecule has 1 N–H and O–H groups in total. The van der Waals surface area contributed by atoms with Gasteiger partial charge in [0.15, 0.2) is 0 Å². The molecule has 1 aliphatic heterocycles. The monoisotopic (exact) mass is 234 g/mol. The summed E-state index contributed by atoms with van der Waals surface area (Å²) >= 11 is 0. The van der Waals surface area contributed by atoms with E-state index in [9.17, 15) is 5.11 Å². The Morgan fingerprint density at radius 1 is 1.18 bits per heavy atom. The summed E-state index contributed by atoms with van der Waals surface area (Å²) in [5.41, 5.74) is 1.54. The van der Waals surface area contributed by atoms with Crippen molar-refractivity contribution in [2.24, 2.45) is 0 Å². The minimum atomic E-state index is -0.745. The van der Waals surface area contributed by atoms with Crippen LogP contribution in [0.15, 0.2) is 24.3 Å². The van der Waals surface area contributed by atoms with Gasteiger partial charge in [0.2, 0.25) is 0 Å². The average Bonchev–Trinajstić information content (AvgIpc) is 2.14. The molecule has 1 aliphatic rings. The number of hydrogen-bond donors (Lipinski definition) is 1. The van der Waals surface area contributed by atoms with Crippen LogP contribution in [-0.4, -0.2) is 23.9 Å². The van der Waals surface area contributed by atoms with Crippen LogP contribution in [0.4, 0.5) is 0 Å². The van der Waals surface area contributed by atoms with Gasteiger partial charge in [-0.25, -0.2) is 0 Å². The van der Waals surface area contributed by atoms with E-state index in [0.29, 0.717) is 19.1 Å². The van der Waals surface area contributed by atoms with Gasteiger partial charge in [-0.05, 0) is 30.9 Å². The maximum absolute atomic E-state index is 10.3. The number of aliphatic hydroxyl groups is 1. The molecule has 0 spiro atoms. The Balaban J connectivity index is 2.33. The van der Waals surface area contributed by atoms with E-state index in [-0.39, 0.29) is 5.41 Å². The molecule has 0 atom stereocenters. The first-order chi connectivity index (χ1) is 7.87. The first kappa shape index (κ1) is 12.6. The quantitative estimate of drug-likeness (QED) is 0.871. The van der Waals surface area contributed by atoms with Gasteiger partial charge in [0.25, 0.3) is 0 Å². The molecule has 2 heteroatoms. The molecule has 1 saturated heterocycles. The van der Waals surface area contributed by atoms with Crippen LogP contribution < -0.4 is 0 Å². The molecule has 0 unspecified atom stereocenters. The molecule has 17 heavy (non-hydrogen) atoms. The van der Waals surface area contributed by atoms with Crippen LogP contribution in [-0.2, 0) is 10.2 Å². The number of hydrogen-bond acceptors (Lipinski definition) is 2. The molecular weight excluding hydrogens is 212 g/mol. The molecule has 1 aromatic rings. The second-order valence-electron chi connectivity index (χ2n) is 5.91. The highest BCUT2D eigenvalue weighted by Crippen LogP contribution is 2.42. The summed E-state index contributed by atoms with van der Waals surface area (Å²) in [6, 6.07) is 8.59. The Bertz CT molecular complexity index is 380. The summed E-state index contributed by atoms with van der Waals surface area (Å²) in [6.07, 6.45) is 0. The van der Waals surface area contributed by atoms with Crippen molar-refractivity contribution >= 4 is 0 Å². The lowest BCUT2D eigenvalue weighted by molar-refractivity contribution is -0.157. The molecule has 1 fully saturated rings. The smallest absolute Gasteiger partial charge is 0.0732 e. The highest BCUT2D eigenvalue weighted by molar-refractivity contribution is 5.35. The Labute approximate surface area is 104 Å². The van der Waals surface area contributed by atoms with E-state index in [0.717, 1.165) is 0 Å². The van der Waals surface area contributed by atoms with Gasteiger partial charge in [0, 0.05) is 0 Å². The maximum atomic E-state index is 10.3. The van der Waals surface area contributed by atoms with Gasteiger partial charge in [-0.15, -0.1) is 0 Å². The van der Waals surface area contributed by atoms with Crippen LogP contribution in [0.2, 0.25) is 0 Å². The lowest BCUT2D eigenvalue weighted by Crippen LogP contribution is -2.60. The van der Waals surface area contributed by atoms with Gasteiger partial charge in [-0.3, -0.25) is 0 Å². The third-order valence-corrected chi connectivity index (χ3v) is 4.00. The third kappa shape index (κ3) is 2.00. The minimum Gasteiger partial charge on any atom is -0.389 e. The van der Waals surface area contributed by atoms with Gasteiger partial charge in [-0.1, -0.05) is 38.1 Å². The lowest BCUT2D eigenvalue weighted by atomic mass is 9.67. The van der Waals surface area contributed by atoms with Crippen molar-refractivity contribution in [1.82, 2.24) is 0 Å². The molecule has 0 radical (unpaired) electrons. The summed E-state index contributed by atoms with van der Waals surface area (Å²) < 4.78 is 5.34. The topological polar surface area (TPSA) is 29.5 Å². The van der Waals surface area contributed by atoms with Crippen LogP contribution in [0.5, 0.6) is 0 Å². The molecule has 0 aromatic heterocycles. The fourth-order valence-electron chi connectivity index (χ4n) is 2.37. The second kappa shape index (κ2) is 4.11. The molecule has 2 nitrogen and oxygen atoms in total. The van der Waals surface area contributed by atoms with Crippen LogP contribution in [0, 0.1) is 0 Å². The van der Waals surface area contributed by atoms with Crippen molar-refractivity contribution in [3.8, 4) is 0 Å².